The molecule has 0 bridgehead atoms. The largest absolute Gasteiger partial charge is 0.493 e. The van der Waals surface area contributed by atoms with E-state index in [0.29, 0.717) is 23.0 Å². The average Bonchev–Trinajstić information content (AvgIpc) is 3.08. The van der Waals surface area contributed by atoms with Crippen LogP contribution in [0, 0.1) is 6.92 Å². The van der Waals surface area contributed by atoms with Crippen LogP contribution in [0.25, 0.3) is 21.8 Å². The lowest BCUT2D eigenvalue weighted by Gasteiger charge is -2.10. The summed E-state index contributed by atoms with van der Waals surface area (Å²) in [6.07, 6.45) is 0. The first-order chi connectivity index (χ1) is 12.6. The Morgan fingerprint density at radius 1 is 0.808 bits per heavy atom. The van der Waals surface area contributed by atoms with Gasteiger partial charge in [0, 0.05) is 10.4 Å². The maximum atomic E-state index is 5.55. The van der Waals surface area contributed by atoms with Gasteiger partial charge in [0.15, 0.2) is 23.0 Å². The van der Waals surface area contributed by atoms with Crippen molar-refractivity contribution < 1.29 is 18.9 Å². The zero-order chi connectivity index (χ0) is 18.7. The first kappa shape index (κ1) is 18.1. The highest BCUT2D eigenvalue weighted by Crippen LogP contribution is 2.42. The highest BCUT2D eigenvalue weighted by atomic mass is 32.1. The van der Waals surface area contributed by atoms with Crippen molar-refractivity contribution in [3.8, 4) is 44.8 Å². The summed E-state index contributed by atoms with van der Waals surface area (Å²) in [5.41, 5.74) is 2.80. The molecule has 0 unspecified atom stereocenters. The third-order valence-electron chi connectivity index (χ3n) is 4.09. The zero-order valence-electron chi connectivity index (χ0n) is 15.5. The van der Waals surface area contributed by atoms with E-state index < -0.39 is 0 Å². The summed E-state index contributed by atoms with van der Waals surface area (Å²) in [4.78, 5) is 5.96. The molecule has 5 nitrogen and oxygen atoms in total. The Labute approximate surface area is 157 Å². The Bertz CT molecular complexity index is 920. The van der Waals surface area contributed by atoms with Crippen LogP contribution in [0.15, 0.2) is 36.4 Å². The number of ether oxygens (including phenoxy) is 4. The monoisotopic (exact) mass is 371 g/mol. The van der Waals surface area contributed by atoms with E-state index in [2.05, 4.69) is 6.92 Å². The first-order valence-electron chi connectivity index (χ1n) is 8.04. The molecule has 0 fully saturated rings. The molecule has 0 aliphatic carbocycles. The minimum Gasteiger partial charge on any atom is -0.493 e. The number of methoxy groups -OCH3 is 4. The van der Waals surface area contributed by atoms with E-state index in [1.165, 1.54) is 0 Å². The Kier molecular flexibility index (Phi) is 5.32. The lowest BCUT2D eigenvalue weighted by atomic mass is 10.1. The van der Waals surface area contributed by atoms with Gasteiger partial charge in [-0.25, -0.2) is 4.98 Å². The fourth-order valence-electron chi connectivity index (χ4n) is 2.82. The van der Waals surface area contributed by atoms with Crippen LogP contribution in [0.4, 0.5) is 0 Å². The van der Waals surface area contributed by atoms with Crippen molar-refractivity contribution in [2.45, 2.75) is 6.92 Å². The second kappa shape index (κ2) is 7.66. The molecule has 0 amide bonds. The Balaban J connectivity index is 2.09. The smallest absolute Gasteiger partial charge is 0.170 e. The van der Waals surface area contributed by atoms with Gasteiger partial charge >= 0.3 is 0 Å². The molecule has 1 heterocycles. The van der Waals surface area contributed by atoms with Gasteiger partial charge in [-0.2, -0.15) is 0 Å². The summed E-state index contributed by atoms with van der Waals surface area (Å²) >= 11 is 1.62. The van der Waals surface area contributed by atoms with Crippen molar-refractivity contribution in [3.63, 3.8) is 0 Å². The van der Waals surface area contributed by atoms with Crippen LogP contribution >= 0.6 is 11.3 Å². The molecular formula is C20H21NO4S. The van der Waals surface area contributed by atoms with Gasteiger partial charge in [0.2, 0.25) is 0 Å². The fourth-order valence-corrected chi connectivity index (χ4v) is 3.78. The van der Waals surface area contributed by atoms with Gasteiger partial charge in [-0.1, -0.05) is 6.07 Å². The molecule has 1 aromatic heterocycles. The molecule has 3 rings (SSSR count). The van der Waals surface area contributed by atoms with Gasteiger partial charge in [-0.15, -0.1) is 11.3 Å². The normalized spacial score (nSPS) is 10.5. The van der Waals surface area contributed by atoms with Crippen LogP contribution < -0.4 is 18.9 Å². The average molecular weight is 371 g/mol. The predicted molar refractivity (Wildman–Crippen MR) is 104 cm³/mol. The zero-order valence-corrected chi connectivity index (χ0v) is 16.3. The quantitative estimate of drug-likeness (QED) is 0.622. The van der Waals surface area contributed by atoms with Gasteiger partial charge in [-0.05, 0) is 37.3 Å². The van der Waals surface area contributed by atoms with Crippen molar-refractivity contribution in [3.05, 3.63) is 41.3 Å². The first-order valence-corrected chi connectivity index (χ1v) is 8.85. The molecule has 136 valence electrons. The van der Waals surface area contributed by atoms with Gasteiger partial charge in [0.25, 0.3) is 0 Å². The van der Waals surface area contributed by atoms with Gasteiger partial charge in [0.05, 0.1) is 39.7 Å². The lowest BCUT2D eigenvalue weighted by molar-refractivity contribution is 0.355. The number of aromatic nitrogens is 1. The minimum atomic E-state index is 0.679. The maximum Gasteiger partial charge on any atom is 0.170 e. The van der Waals surface area contributed by atoms with E-state index in [4.69, 9.17) is 23.9 Å². The van der Waals surface area contributed by atoms with E-state index in [1.807, 2.05) is 36.4 Å². The lowest BCUT2D eigenvalue weighted by Crippen LogP contribution is -1.93. The second-order valence-electron chi connectivity index (χ2n) is 5.53. The van der Waals surface area contributed by atoms with E-state index in [1.54, 1.807) is 39.8 Å². The van der Waals surface area contributed by atoms with Crippen molar-refractivity contribution in [2.75, 3.05) is 28.4 Å². The minimum absolute atomic E-state index is 0.679. The molecule has 6 heteroatoms. The van der Waals surface area contributed by atoms with Crippen molar-refractivity contribution in [2.24, 2.45) is 0 Å². The van der Waals surface area contributed by atoms with Crippen LogP contribution in [0.2, 0.25) is 0 Å². The molecule has 2 aromatic carbocycles. The molecular weight excluding hydrogens is 350 g/mol. The molecule has 26 heavy (non-hydrogen) atoms. The Morgan fingerprint density at radius 3 is 2.19 bits per heavy atom. The Morgan fingerprint density at radius 2 is 1.54 bits per heavy atom. The summed E-state index contributed by atoms with van der Waals surface area (Å²) in [6.45, 7) is 2.06. The highest BCUT2D eigenvalue weighted by Gasteiger charge is 2.18. The van der Waals surface area contributed by atoms with E-state index in [0.717, 1.165) is 26.7 Å². The number of hydrogen-bond acceptors (Lipinski definition) is 6. The van der Waals surface area contributed by atoms with E-state index in [9.17, 15) is 0 Å². The molecule has 0 saturated carbocycles. The number of benzene rings is 2. The number of aryl methyl sites for hydroxylation is 1. The summed E-state index contributed by atoms with van der Waals surface area (Å²) in [6, 6.07) is 11.6. The van der Waals surface area contributed by atoms with E-state index in [-0.39, 0.29) is 0 Å². The molecule has 0 aliphatic rings. The van der Waals surface area contributed by atoms with Crippen molar-refractivity contribution in [1.82, 2.24) is 4.98 Å². The number of para-hydroxylation sites is 1. The molecule has 0 N–H and O–H groups in total. The second-order valence-corrected chi connectivity index (χ2v) is 6.74. The van der Waals surface area contributed by atoms with Crippen LogP contribution in [-0.2, 0) is 0 Å². The SMILES string of the molecule is COc1ccc(-c2nc(-c3cccc(OC)c3OC)sc2C)cc1OC. The number of hydrogen-bond donors (Lipinski definition) is 0. The van der Waals surface area contributed by atoms with Gasteiger partial charge < -0.3 is 18.9 Å². The van der Waals surface area contributed by atoms with Crippen LogP contribution in [0.5, 0.6) is 23.0 Å². The maximum absolute atomic E-state index is 5.55. The molecule has 0 atom stereocenters. The summed E-state index contributed by atoms with van der Waals surface area (Å²) in [5.74, 6) is 2.74. The van der Waals surface area contributed by atoms with E-state index >= 15 is 0 Å². The number of nitrogens with zero attached hydrogens (tertiary/aromatic N) is 1. The topological polar surface area (TPSA) is 49.8 Å². The standard InChI is InChI=1S/C20H21NO4S/c1-12-18(13-9-10-15(22-2)17(11-13)24-4)21-20(26-12)14-7-6-8-16(23-3)19(14)25-5/h6-11H,1-5H3. The molecule has 3 aromatic rings. The third-order valence-corrected chi connectivity index (χ3v) is 5.09. The Hall–Kier alpha value is -2.73. The molecule has 0 radical (unpaired) electrons. The van der Waals surface area contributed by atoms with Gasteiger partial charge in [0.1, 0.15) is 5.01 Å². The van der Waals surface area contributed by atoms with Gasteiger partial charge in [-0.3, -0.25) is 0 Å². The van der Waals surface area contributed by atoms with Crippen molar-refractivity contribution in [1.29, 1.82) is 0 Å². The van der Waals surface area contributed by atoms with Crippen LogP contribution in [-0.4, -0.2) is 33.4 Å². The molecule has 0 aliphatic heterocycles. The summed E-state index contributed by atoms with van der Waals surface area (Å²) in [5, 5.41) is 0.878. The number of rotatable bonds is 6. The predicted octanol–water partition coefficient (Wildman–Crippen LogP) is 4.82. The van der Waals surface area contributed by atoms with Crippen molar-refractivity contribution >= 4 is 11.3 Å². The summed E-state index contributed by atoms with van der Waals surface area (Å²) in [7, 11) is 6.52. The van der Waals surface area contributed by atoms with Crippen LogP contribution in [0.1, 0.15) is 4.88 Å². The highest BCUT2D eigenvalue weighted by molar-refractivity contribution is 7.15. The molecule has 0 spiro atoms. The van der Waals surface area contributed by atoms with Crippen LogP contribution in [0.3, 0.4) is 0 Å². The summed E-state index contributed by atoms with van der Waals surface area (Å²) < 4.78 is 21.7. The fraction of sp³-hybridized carbons (Fsp3) is 0.250. The third kappa shape index (κ3) is 3.20. The molecule has 0 saturated heterocycles. The number of thiazole rings is 1.